The fourth-order valence-corrected chi connectivity index (χ4v) is 1.67. The second-order valence-corrected chi connectivity index (χ2v) is 3.79. The number of fused-ring (bicyclic) bond motifs is 1. The van der Waals surface area contributed by atoms with E-state index in [1.165, 1.54) is 0 Å². The van der Waals surface area contributed by atoms with Crippen LogP contribution in [0.4, 0.5) is 0 Å². The highest BCUT2D eigenvalue weighted by molar-refractivity contribution is 5.77. The molecule has 3 heterocycles. The van der Waals surface area contributed by atoms with Gasteiger partial charge in [0.25, 0.3) is 0 Å². The molecule has 0 aliphatic rings. The summed E-state index contributed by atoms with van der Waals surface area (Å²) in [5.74, 6) is 0. The Bertz CT molecular complexity index is 665. The topological polar surface area (TPSA) is 51.6 Å². The van der Waals surface area contributed by atoms with E-state index in [9.17, 15) is 0 Å². The predicted molar refractivity (Wildman–Crippen MR) is 65.3 cm³/mol. The van der Waals surface area contributed by atoms with Gasteiger partial charge in [0.1, 0.15) is 5.69 Å². The van der Waals surface area contributed by atoms with Crippen LogP contribution in [0.15, 0.2) is 42.9 Å². The first-order valence-corrected chi connectivity index (χ1v) is 5.34. The minimum Gasteiger partial charge on any atom is -0.261 e. The standard InChI is InChI=1S/C13H10N4/c1-9-2-3-10-4-5-11(17-13(10)16-9)12-8-14-6-7-15-12/h2-8H,1H3. The lowest BCUT2D eigenvalue weighted by Crippen LogP contribution is -1.91. The zero-order chi connectivity index (χ0) is 11.7. The Balaban J connectivity index is 2.19. The van der Waals surface area contributed by atoms with Crippen LogP contribution in [0, 0.1) is 6.92 Å². The highest BCUT2D eigenvalue weighted by atomic mass is 14.9. The maximum Gasteiger partial charge on any atom is 0.160 e. The van der Waals surface area contributed by atoms with Crippen LogP contribution < -0.4 is 0 Å². The predicted octanol–water partition coefficient (Wildman–Crippen LogP) is 2.40. The molecule has 0 saturated carbocycles. The average molecular weight is 222 g/mol. The first-order valence-electron chi connectivity index (χ1n) is 5.34. The van der Waals surface area contributed by atoms with E-state index in [4.69, 9.17) is 0 Å². The van der Waals surface area contributed by atoms with E-state index in [2.05, 4.69) is 19.9 Å². The Kier molecular flexibility index (Phi) is 2.26. The number of aromatic nitrogens is 4. The summed E-state index contributed by atoms with van der Waals surface area (Å²) < 4.78 is 0. The molecule has 0 amide bonds. The molecule has 0 aliphatic heterocycles. The third-order valence-corrected chi connectivity index (χ3v) is 2.52. The first-order chi connectivity index (χ1) is 8.33. The van der Waals surface area contributed by atoms with Gasteiger partial charge in [-0.3, -0.25) is 9.97 Å². The van der Waals surface area contributed by atoms with Gasteiger partial charge in [-0.2, -0.15) is 0 Å². The average Bonchev–Trinajstić information content (AvgIpc) is 2.39. The van der Waals surface area contributed by atoms with E-state index in [1.807, 2.05) is 31.2 Å². The summed E-state index contributed by atoms with van der Waals surface area (Å²) in [6.45, 7) is 1.95. The van der Waals surface area contributed by atoms with Crippen molar-refractivity contribution in [3.8, 4) is 11.4 Å². The second-order valence-electron chi connectivity index (χ2n) is 3.79. The molecule has 0 aromatic carbocycles. The van der Waals surface area contributed by atoms with Crippen molar-refractivity contribution in [1.82, 2.24) is 19.9 Å². The van der Waals surface area contributed by atoms with Crippen molar-refractivity contribution in [2.75, 3.05) is 0 Å². The number of aryl methyl sites for hydroxylation is 1. The molecule has 0 aliphatic carbocycles. The third-order valence-electron chi connectivity index (χ3n) is 2.52. The molecule has 4 nitrogen and oxygen atoms in total. The van der Waals surface area contributed by atoms with Crippen molar-refractivity contribution in [2.24, 2.45) is 0 Å². The Labute approximate surface area is 98.4 Å². The van der Waals surface area contributed by atoms with Crippen molar-refractivity contribution in [3.63, 3.8) is 0 Å². The molecule has 17 heavy (non-hydrogen) atoms. The van der Waals surface area contributed by atoms with E-state index >= 15 is 0 Å². The van der Waals surface area contributed by atoms with Crippen LogP contribution in [0.2, 0.25) is 0 Å². The largest absolute Gasteiger partial charge is 0.261 e. The van der Waals surface area contributed by atoms with E-state index in [0.29, 0.717) is 0 Å². The lowest BCUT2D eigenvalue weighted by Gasteiger charge is -2.02. The van der Waals surface area contributed by atoms with Crippen molar-refractivity contribution in [2.45, 2.75) is 6.92 Å². The SMILES string of the molecule is Cc1ccc2ccc(-c3cnccn3)nc2n1. The van der Waals surface area contributed by atoms with E-state index in [-0.39, 0.29) is 0 Å². The molecule has 4 heteroatoms. The Hall–Kier alpha value is -2.36. The smallest absolute Gasteiger partial charge is 0.160 e. The fourth-order valence-electron chi connectivity index (χ4n) is 1.67. The molecular weight excluding hydrogens is 212 g/mol. The van der Waals surface area contributed by atoms with E-state index in [0.717, 1.165) is 28.1 Å². The van der Waals surface area contributed by atoms with Crippen LogP contribution in [-0.2, 0) is 0 Å². The molecule has 3 aromatic rings. The van der Waals surface area contributed by atoms with Crippen molar-refractivity contribution in [1.29, 1.82) is 0 Å². The number of hydrogen-bond donors (Lipinski definition) is 0. The molecule has 0 unspecified atom stereocenters. The van der Waals surface area contributed by atoms with Crippen LogP contribution in [0.5, 0.6) is 0 Å². The van der Waals surface area contributed by atoms with E-state index < -0.39 is 0 Å². The normalized spacial score (nSPS) is 10.6. The summed E-state index contributed by atoms with van der Waals surface area (Å²) >= 11 is 0. The fraction of sp³-hybridized carbons (Fsp3) is 0.0769. The number of hydrogen-bond acceptors (Lipinski definition) is 4. The van der Waals surface area contributed by atoms with Gasteiger partial charge in [0.05, 0.1) is 11.9 Å². The second kappa shape index (κ2) is 3.90. The highest BCUT2D eigenvalue weighted by Gasteiger charge is 2.03. The van der Waals surface area contributed by atoms with Gasteiger partial charge in [0, 0.05) is 23.5 Å². The molecule has 0 bridgehead atoms. The highest BCUT2D eigenvalue weighted by Crippen LogP contribution is 2.17. The summed E-state index contributed by atoms with van der Waals surface area (Å²) in [6, 6.07) is 7.93. The van der Waals surface area contributed by atoms with Gasteiger partial charge < -0.3 is 0 Å². The third kappa shape index (κ3) is 1.85. The number of pyridine rings is 2. The molecule has 3 rings (SSSR count). The zero-order valence-electron chi connectivity index (χ0n) is 9.33. The Morgan fingerprint density at radius 1 is 0.882 bits per heavy atom. The van der Waals surface area contributed by atoms with Gasteiger partial charge in [-0.15, -0.1) is 0 Å². The minimum atomic E-state index is 0.744. The molecule has 0 saturated heterocycles. The van der Waals surface area contributed by atoms with Gasteiger partial charge in [0.2, 0.25) is 0 Å². The van der Waals surface area contributed by atoms with Crippen LogP contribution >= 0.6 is 0 Å². The van der Waals surface area contributed by atoms with Crippen LogP contribution in [0.1, 0.15) is 5.69 Å². The van der Waals surface area contributed by atoms with Crippen molar-refractivity contribution >= 4 is 11.0 Å². The maximum atomic E-state index is 4.49. The molecule has 3 aromatic heterocycles. The summed E-state index contributed by atoms with van der Waals surface area (Å²) in [5, 5.41) is 1.03. The molecular formula is C13H10N4. The lowest BCUT2D eigenvalue weighted by atomic mass is 10.2. The van der Waals surface area contributed by atoms with Gasteiger partial charge in [-0.1, -0.05) is 0 Å². The lowest BCUT2D eigenvalue weighted by molar-refractivity contribution is 1.16. The maximum absolute atomic E-state index is 4.49. The van der Waals surface area contributed by atoms with Gasteiger partial charge >= 0.3 is 0 Å². The molecule has 82 valence electrons. The summed E-state index contributed by atoms with van der Waals surface area (Å²) in [5.41, 5.74) is 3.26. The number of rotatable bonds is 1. The van der Waals surface area contributed by atoms with Gasteiger partial charge in [-0.25, -0.2) is 9.97 Å². The molecule has 0 spiro atoms. The molecule has 0 radical (unpaired) electrons. The summed E-state index contributed by atoms with van der Waals surface area (Å²) in [4.78, 5) is 17.2. The van der Waals surface area contributed by atoms with E-state index in [1.54, 1.807) is 18.6 Å². The monoisotopic (exact) mass is 222 g/mol. The van der Waals surface area contributed by atoms with Gasteiger partial charge in [0.15, 0.2) is 5.65 Å². The van der Waals surface area contributed by atoms with Crippen LogP contribution in [0.25, 0.3) is 22.4 Å². The molecule has 0 fully saturated rings. The van der Waals surface area contributed by atoms with Crippen molar-refractivity contribution < 1.29 is 0 Å². The Morgan fingerprint density at radius 2 is 1.76 bits per heavy atom. The molecule has 0 N–H and O–H groups in total. The van der Waals surface area contributed by atoms with Crippen LogP contribution in [0.3, 0.4) is 0 Å². The van der Waals surface area contributed by atoms with Crippen molar-refractivity contribution in [3.05, 3.63) is 48.5 Å². The number of nitrogens with zero attached hydrogens (tertiary/aromatic N) is 4. The minimum absolute atomic E-state index is 0.744. The quantitative estimate of drug-likeness (QED) is 0.634. The van der Waals surface area contributed by atoms with Gasteiger partial charge in [-0.05, 0) is 31.2 Å². The zero-order valence-corrected chi connectivity index (χ0v) is 9.33. The first kappa shape index (κ1) is 9.84. The Morgan fingerprint density at radius 3 is 2.59 bits per heavy atom. The molecule has 0 atom stereocenters. The van der Waals surface area contributed by atoms with Crippen LogP contribution in [-0.4, -0.2) is 19.9 Å². The summed E-state index contributed by atoms with van der Waals surface area (Å²) in [6.07, 6.45) is 5.00. The summed E-state index contributed by atoms with van der Waals surface area (Å²) in [7, 11) is 0.